The molecule has 1 aromatic heterocycles. The lowest BCUT2D eigenvalue weighted by Gasteiger charge is -2.16. The molecule has 2 aromatic rings. The molecule has 1 heterocycles. The Hall–Kier alpha value is -1.33. The molecule has 0 aliphatic rings. The van der Waals surface area contributed by atoms with E-state index in [1.54, 1.807) is 13.2 Å². The second-order valence-electron chi connectivity index (χ2n) is 3.91. The summed E-state index contributed by atoms with van der Waals surface area (Å²) in [6, 6.07) is 11.6. The van der Waals surface area contributed by atoms with Crippen LogP contribution in [0, 0.1) is 0 Å². The highest BCUT2D eigenvalue weighted by molar-refractivity contribution is 9.09. The summed E-state index contributed by atoms with van der Waals surface area (Å²) in [5.74, 6) is 0.504. The van der Waals surface area contributed by atoms with Gasteiger partial charge >= 0.3 is 0 Å². The molecule has 1 N–H and O–H groups in total. The molecule has 0 spiro atoms. The third-order valence-electron chi connectivity index (χ3n) is 2.72. The lowest BCUT2D eigenvalue weighted by molar-refractivity contribution is 0.0942. The third-order valence-corrected chi connectivity index (χ3v) is 4.26. The second-order valence-corrected chi connectivity index (χ2v) is 5.47. The molecule has 3 nitrogen and oxygen atoms in total. The Bertz CT molecular complexity index is 541. The number of carbonyl (C=O) groups is 1. The molecule has 0 aliphatic heterocycles. The maximum atomic E-state index is 12.2. The van der Waals surface area contributed by atoms with Crippen molar-refractivity contribution in [2.45, 2.75) is 6.04 Å². The van der Waals surface area contributed by atoms with E-state index in [1.807, 2.05) is 35.7 Å². The zero-order valence-electron chi connectivity index (χ0n) is 10.4. The summed E-state index contributed by atoms with van der Waals surface area (Å²) in [7, 11) is 1.57. The smallest absolute Gasteiger partial charge is 0.265 e. The Labute approximate surface area is 124 Å². The van der Waals surface area contributed by atoms with Crippen molar-refractivity contribution in [2.75, 3.05) is 12.4 Å². The van der Waals surface area contributed by atoms with Crippen LogP contribution in [0.25, 0.3) is 0 Å². The minimum atomic E-state index is -0.111. The molecule has 1 atom stereocenters. The van der Waals surface area contributed by atoms with Gasteiger partial charge in [-0.3, -0.25) is 4.79 Å². The molecular weight excluding hydrogens is 326 g/mol. The molecule has 19 heavy (non-hydrogen) atoms. The van der Waals surface area contributed by atoms with Gasteiger partial charge in [-0.1, -0.05) is 46.3 Å². The first kappa shape index (κ1) is 14.1. The fraction of sp³-hybridized carbons (Fsp3) is 0.214. The summed E-state index contributed by atoms with van der Waals surface area (Å²) in [6.45, 7) is 0. The highest BCUT2D eigenvalue weighted by Crippen LogP contribution is 2.25. The number of rotatable bonds is 5. The van der Waals surface area contributed by atoms with E-state index in [1.165, 1.54) is 11.3 Å². The monoisotopic (exact) mass is 339 g/mol. The van der Waals surface area contributed by atoms with Crippen molar-refractivity contribution in [2.24, 2.45) is 0 Å². The highest BCUT2D eigenvalue weighted by Gasteiger charge is 2.18. The van der Waals surface area contributed by atoms with Gasteiger partial charge < -0.3 is 10.1 Å². The van der Waals surface area contributed by atoms with Crippen LogP contribution in [0.4, 0.5) is 0 Å². The van der Waals surface area contributed by atoms with Crippen LogP contribution in [-0.2, 0) is 0 Å². The van der Waals surface area contributed by atoms with Crippen LogP contribution < -0.4 is 10.1 Å². The highest BCUT2D eigenvalue weighted by atomic mass is 79.9. The number of hydrogen-bond donors (Lipinski definition) is 1. The number of carbonyl (C=O) groups excluding carboxylic acids is 1. The number of benzene rings is 1. The van der Waals surface area contributed by atoms with E-state index < -0.39 is 0 Å². The maximum absolute atomic E-state index is 12.2. The summed E-state index contributed by atoms with van der Waals surface area (Å²) >= 11 is 4.81. The van der Waals surface area contributed by atoms with Crippen molar-refractivity contribution in [3.05, 3.63) is 52.2 Å². The van der Waals surface area contributed by atoms with Crippen LogP contribution in [0.3, 0.4) is 0 Å². The van der Waals surface area contributed by atoms with Crippen LogP contribution in [0.15, 0.2) is 41.8 Å². The molecular formula is C14H14BrNO2S. The van der Waals surface area contributed by atoms with Crippen LogP contribution in [0.2, 0.25) is 0 Å². The third kappa shape index (κ3) is 3.36. The predicted octanol–water partition coefficient (Wildman–Crippen LogP) is 3.62. The minimum absolute atomic E-state index is 0.0551. The number of hydrogen-bond acceptors (Lipinski definition) is 3. The Kier molecular flexibility index (Phi) is 4.99. The van der Waals surface area contributed by atoms with E-state index in [2.05, 4.69) is 21.2 Å². The molecule has 1 aromatic carbocycles. The van der Waals surface area contributed by atoms with Crippen LogP contribution >= 0.6 is 27.3 Å². The largest absolute Gasteiger partial charge is 0.495 e. The van der Waals surface area contributed by atoms with Gasteiger partial charge in [-0.05, 0) is 17.0 Å². The molecule has 0 radical (unpaired) electrons. The van der Waals surface area contributed by atoms with Gasteiger partial charge in [0.15, 0.2) is 0 Å². The number of halogens is 1. The number of alkyl halides is 1. The van der Waals surface area contributed by atoms with Gasteiger partial charge in [0, 0.05) is 5.33 Å². The average Bonchev–Trinajstić information content (AvgIpc) is 2.94. The molecule has 0 saturated heterocycles. The fourth-order valence-corrected chi connectivity index (χ4v) is 3.04. The lowest BCUT2D eigenvalue weighted by atomic mass is 10.1. The van der Waals surface area contributed by atoms with E-state index >= 15 is 0 Å². The molecule has 1 unspecified atom stereocenters. The topological polar surface area (TPSA) is 38.3 Å². The first-order valence-electron chi connectivity index (χ1n) is 5.79. The summed E-state index contributed by atoms with van der Waals surface area (Å²) in [5, 5.41) is 5.51. The second kappa shape index (κ2) is 6.73. The zero-order chi connectivity index (χ0) is 13.7. The van der Waals surface area contributed by atoms with Crippen molar-refractivity contribution in [1.29, 1.82) is 0 Å². The van der Waals surface area contributed by atoms with Crippen molar-refractivity contribution in [1.82, 2.24) is 5.32 Å². The zero-order valence-corrected chi connectivity index (χ0v) is 12.8. The van der Waals surface area contributed by atoms with Crippen molar-refractivity contribution >= 4 is 33.2 Å². The molecule has 100 valence electrons. The fourth-order valence-electron chi connectivity index (χ4n) is 1.74. The lowest BCUT2D eigenvalue weighted by Crippen LogP contribution is -2.29. The first-order chi connectivity index (χ1) is 9.26. The molecule has 0 saturated carbocycles. The Morgan fingerprint density at radius 3 is 2.74 bits per heavy atom. The van der Waals surface area contributed by atoms with Crippen LogP contribution in [0.5, 0.6) is 5.75 Å². The van der Waals surface area contributed by atoms with Crippen molar-refractivity contribution in [3.63, 3.8) is 0 Å². The van der Waals surface area contributed by atoms with E-state index in [4.69, 9.17) is 4.74 Å². The van der Waals surface area contributed by atoms with Gasteiger partial charge in [0.05, 0.1) is 13.2 Å². The average molecular weight is 340 g/mol. The van der Waals surface area contributed by atoms with E-state index in [0.29, 0.717) is 16.0 Å². The van der Waals surface area contributed by atoms with Gasteiger partial charge in [0.2, 0.25) is 0 Å². The summed E-state index contributed by atoms with van der Waals surface area (Å²) in [6.07, 6.45) is 0. The minimum Gasteiger partial charge on any atom is -0.495 e. The van der Waals surface area contributed by atoms with Gasteiger partial charge in [0.1, 0.15) is 10.6 Å². The Morgan fingerprint density at radius 1 is 1.37 bits per heavy atom. The summed E-state index contributed by atoms with van der Waals surface area (Å²) < 4.78 is 5.17. The van der Waals surface area contributed by atoms with E-state index in [9.17, 15) is 4.79 Å². The van der Waals surface area contributed by atoms with Crippen molar-refractivity contribution < 1.29 is 9.53 Å². The van der Waals surface area contributed by atoms with Gasteiger partial charge in [0.25, 0.3) is 5.91 Å². The number of methoxy groups -OCH3 is 1. The number of nitrogens with one attached hydrogen (secondary N) is 1. The van der Waals surface area contributed by atoms with Crippen LogP contribution in [0.1, 0.15) is 21.3 Å². The Balaban J connectivity index is 2.13. The van der Waals surface area contributed by atoms with Gasteiger partial charge in [-0.15, -0.1) is 11.3 Å². The summed E-state index contributed by atoms with van der Waals surface area (Å²) in [5.41, 5.74) is 1.07. The SMILES string of the molecule is COc1ccsc1C(=O)NC(CBr)c1ccccc1. The standard InChI is InChI=1S/C14H14BrNO2S/c1-18-12-7-8-19-13(12)14(17)16-11(9-15)10-5-3-2-4-6-10/h2-8,11H,9H2,1H3,(H,16,17). The number of amides is 1. The van der Waals surface area contributed by atoms with Crippen LogP contribution in [-0.4, -0.2) is 18.3 Å². The molecule has 1 amide bonds. The van der Waals surface area contributed by atoms with E-state index in [-0.39, 0.29) is 11.9 Å². The molecule has 5 heteroatoms. The molecule has 0 aliphatic carbocycles. The number of ether oxygens (including phenoxy) is 1. The normalized spacial score (nSPS) is 11.9. The maximum Gasteiger partial charge on any atom is 0.265 e. The van der Waals surface area contributed by atoms with E-state index in [0.717, 1.165) is 5.56 Å². The van der Waals surface area contributed by atoms with Gasteiger partial charge in [-0.2, -0.15) is 0 Å². The quantitative estimate of drug-likeness (QED) is 0.845. The van der Waals surface area contributed by atoms with Crippen molar-refractivity contribution in [3.8, 4) is 5.75 Å². The molecule has 0 bridgehead atoms. The Morgan fingerprint density at radius 2 is 2.11 bits per heavy atom. The number of thiophene rings is 1. The first-order valence-corrected chi connectivity index (χ1v) is 7.79. The molecule has 0 fully saturated rings. The predicted molar refractivity (Wildman–Crippen MR) is 81.3 cm³/mol. The molecule has 2 rings (SSSR count). The van der Waals surface area contributed by atoms with Gasteiger partial charge in [-0.25, -0.2) is 0 Å². The summed E-state index contributed by atoms with van der Waals surface area (Å²) in [4.78, 5) is 12.8.